The van der Waals surface area contributed by atoms with E-state index >= 15 is 0 Å². The van der Waals surface area contributed by atoms with E-state index in [4.69, 9.17) is 11.6 Å². The van der Waals surface area contributed by atoms with Crippen LogP contribution in [-0.2, 0) is 17.9 Å². The van der Waals surface area contributed by atoms with Gasteiger partial charge in [-0.1, -0.05) is 11.6 Å². The number of amides is 1. The quantitative estimate of drug-likeness (QED) is 0.894. The Balaban J connectivity index is 2.68. The topological polar surface area (TPSA) is 46.9 Å². The van der Waals surface area contributed by atoms with Crippen molar-refractivity contribution in [2.24, 2.45) is 0 Å². The standard InChI is InChI=1S/C8H9ClF3N3O/c1-2-15-6(5(9)3-14-15)4-13-7(16)8(10,11)12/h3H,2,4H2,1H3,(H,13,16). The van der Waals surface area contributed by atoms with Gasteiger partial charge >= 0.3 is 12.1 Å². The summed E-state index contributed by atoms with van der Waals surface area (Å²) in [5.74, 6) is -1.99. The highest BCUT2D eigenvalue weighted by Gasteiger charge is 2.38. The molecule has 0 aromatic carbocycles. The molecule has 0 atom stereocenters. The van der Waals surface area contributed by atoms with Crippen molar-refractivity contribution in [2.45, 2.75) is 26.2 Å². The van der Waals surface area contributed by atoms with E-state index in [9.17, 15) is 18.0 Å². The second kappa shape index (κ2) is 4.73. The molecule has 0 bridgehead atoms. The first-order chi connectivity index (χ1) is 7.36. The van der Waals surface area contributed by atoms with Crippen LogP contribution in [0.1, 0.15) is 12.6 Å². The lowest BCUT2D eigenvalue weighted by molar-refractivity contribution is -0.173. The Hall–Kier alpha value is -1.24. The molecule has 1 heterocycles. The number of aromatic nitrogens is 2. The maximum atomic E-state index is 11.9. The molecule has 0 aliphatic heterocycles. The number of hydrogen-bond donors (Lipinski definition) is 1. The lowest BCUT2D eigenvalue weighted by Crippen LogP contribution is -2.36. The van der Waals surface area contributed by atoms with Crippen molar-refractivity contribution in [3.8, 4) is 0 Å². The average molecular weight is 256 g/mol. The van der Waals surface area contributed by atoms with E-state index in [1.54, 1.807) is 12.2 Å². The minimum absolute atomic E-state index is 0.226. The van der Waals surface area contributed by atoms with Gasteiger partial charge in [0.25, 0.3) is 0 Å². The molecule has 8 heteroatoms. The van der Waals surface area contributed by atoms with Crippen molar-refractivity contribution in [2.75, 3.05) is 0 Å². The zero-order chi connectivity index (χ0) is 12.3. The third-order valence-corrected chi connectivity index (χ3v) is 2.19. The van der Waals surface area contributed by atoms with Gasteiger partial charge in [0.15, 0.2) is 0 Å². The normalized spacial score (nSPS) is 11.6. The number of carbonyl (C=O) groups is 1. The molecule has 90 valence electrons. The molecular formula is C8H9ClF3N3O. The fraction of sp³-hybridized carbons (Fsp3) is 0.500. The summed E-state index contributed by atoms with van der Waals surface area (Å²) < 4.78 is 37.1. The van der Waals surface area contributed by atoms with Gasteiger partial charge in [-0.3, -0.25) is 9.48 Å². The molecule has 1 aromatic heterocycles. The summed E-state index contributed by atoms with van der Waals surface area (Å²) in [6, 6.07) is 0. The van der Waals surface area contributed by atoms with Crippen molar-refractivity contribution >= 4 is 17.5 Å². The number of alkyl halides is 3. The number of rotatable bonds is 3. The summed E-state index contributed by atoms with van der Waals surface area (Å²) in [7, 11) is 0. The Morgan fingerprint density at radius 3 is 2.75 bits per heavy atom. The van der Waals surface area contributed by atoms with Gasteiger partial charge in [0.1, 0.15) is 0 Å². The van der Waals surface area contributed by atoms with Gasteiger partial charge in [-0.25, -0.2) is 0 Å². The number of aryl methyl sites for hydroxylation is 1. The van der Waals surface area contributed by atoms with Gasteiger partial charge in [0.05, 0.1) is 23.5 Å². The molecule has 0 saturated heterocycles. The van der Waals surface area contributed by atoms with Gasteiger partial charge in [-0.2, -0.15) is 18.3 Å². The molecule has 0 radical (unpaired) electrons. The van der Waals surface area contributed by atoms with Crippen LogP contribution in [0.15, 0.2) is 6.20 Å². The van der Waals surface area contributed by atoms with Gasteiger partial charge in [-0.15, -0.1) is 0 Å². The third-order valence-electron chi connectivity index (χ3n) is 1.87. The van der Waals surface area contributed by atoms with Gasteiger partial charge in [0, 0.05) is 6.54 Å². The monoisotopic (exact) mass is 255 g/mol. The molecule has 1 rings (SSSR count). The molecule has 4 nitrogen and oxygen atoms in total. The van der Waals surface area contributed by atoms with E-state index in [0.29, 0.717) is 12.2 Å². The predicted molar refractivity (Wildman–Crippen MR) is 50.8 cm³/mol. The lowest BCUT2D eigenvalue weighted by Gasteiger charge is -2.09. The van der Waals surface area contributed by atoms with E-state index in [-0.39, 0.29) is 11.6 Å². The minimum atomic E-state index is -4.89. The van der Waals surface area contributed by atoms with Crippen LogP contribution in [0.25, 0.3) is 0 Å². The zero-order valence-corrected chi connectivity index (χ0v) is 9.06. The Labute approximate surface area is 94.4 Å². The maximum absolute atomic E-state index is 11.9. The molecule has 0 aliphatic rings. The van der Waals surface area contributed by atoms with E-state index in [1.807, 2.05) is 0 Å². The molecule has 1 aromatic rings. The van der Waals surface area contributed by atoms with Crippen molar-refractivity contribution in [1.29, 1.82) is 0 Å². The fourth-order valence-corrected chi connectivity index (χ4v) is 1.31. The first kappa shape index (κ1) is 12.8. The highest BCUT2D eigenvalue weighted by molar-refractivity contribution is 6.31. The highest BCUT2D eigenvalue weighted by atomic mass is 35.5. The third kappa shape index (κ3) is 2.88. The van der Waals surface area contributed by atoms with Crippen LogP contribution in [0.2, 0.25) is 5.02 Å². The molecule has 0 unspecified atom stereocenters. The highest BCUT2D eigenvalue weighted by Crippen LogP contribution is 2.17. The number of hydrogen-bond acceptors (Lipinski definition) is 2. The Bertz CT molecular complexity index is 388. The minimum Gasteiger partial charge on any atom is -0.343 e. The molecule has 0 aliphatic carbocycles. The first-order valence-electron chi connectivity index (χ1n) is 4.41. The number of halogens is 4. The summed E-state index contributed by atoms with van der Waals surface area (Å²) in [6.45, 7) is 1.92. The molecular weight excluding hydrogens is 247 g/mol. The van der Waals surface area contributed by atoms with Gasteiger partial charge in [0.2, 0.25) is 0 Å². The molecule has 0 spiro atoms. The zero-order valence-electron chi connectivity index (χ0n) is 8.31. The van der Waals surface area contributed by atoms with Crippen molar-refractivity contribution in [1.82, 2.24) is 15.1 Å². The van der Waals surface area contributed by atoms with Crippen molar-refractivity contribution in [3.05, 3.63) is 16.9 Å². The van der Waals surface area contributed by atoms with Crippen LogP contribution >= 0.6 is 11.6 Å². The largest absolute Gasteiger partial charge is 0.471 e. The van der Waals surface area contributed by atoms with Gasteiger partial charge in [-0.05, 0) is 6.92 Å². The first-order valence-corrected chi connectivity index (χ1v) is 4.79. The SMILES string of the molecule is CCn1ncc(Cl)c1CNC(=O)C(F)(F)F. The van der Waals surface area contributed by atoms with E-state index in [2.05, 4.69) is 5.10 Å². The van der Waals surface area contributed by atoms with Crippen LogP contribution in [0.4, 0.5) is 13.2 Å². The summed E-state index contributed by atoms with van der Waals surface area (Å²) in [5, 5.41) is 5.78. The summed E-state index contributed by atoms with van der Waals surface area (Å²) in [4.78, 5) is 10.6. The number of nitrogens with zero attached hydrogens (tertiary/aromatic N) is 2. The smallest absolute Gasteiger partial charge is 0.343 e. The summed E-state index contributed by atoms with van der Waals surface area (Å²) in [5.41, 5.74) is 0.349. The summed E-state index contributed by atoms with van der Waals surface area (Å²) in [6.07, 6.45) is -3.57. The lowest BCUT2D eigenvalue weighted by atomic mass is 10.4. The van der Waals surface area contributed by atoms with Crippen molar-refractivity contribution < 1.29 is 18.0 Å². The predicted octanol–water partition coefficient (Wildman–Crippen LogP) is 1.73. The number of carbonyl (C=O) groups excluding carboxylic acids is 1. The number of nitrogens with one attached hydrogen (secondary N) is 1. The van der Waals surface area contributed by atoms with E-state index in [0.717, 1.165) is 0 Å². The molecule has 0 saturated carbocycles. The van der Waals surface area contributed by atoms with Crippen LogP contribution < -0.4 is 5.32 Å². The second-order valence-electron chi connectivity index (χ2n) is 2.94. The Morgan fingerprint density at radius 1 is 1.62 bits per heavy atom. The second-order valence-corrected chi connectivity index (χ2v) is 3.34. The summed E-state index contributed by atoms with van der Waals surface area (Å²) >= 11 is 5.71. The van der Waals surface area contributed by atoms with Crippen LogP contribution in [0, 0.1) is 0 Å². The van der Waals surface area contributed by atoms with Crippen LogP contribution in [0.5, 0.6) is 0 Å². The molecule has 1 amide bonds. The van der Waals surface area contributed by atoms with Crippen LogP contribution in [-0.4, -0.2) is 21.9 Å². The average Bonchev–Trinajstić information content (AvgIpc) is 2.54. The van der Waals surface area contributed by atoms with Gasteiger partial charge < -0.3 is 5.32 Å². The maximum Gasteiger partial charge on any atom is 0.471 e. The fourth-order valence-electron chi connectivity index (χ4n) is 1.10. The molecule has 1 N–H and O–H groups in total. The Kier molecular flexibility index (Phi) is 3.79. The van der Waals surface area contributed by atoms with Crippen molar-refractivity contribution in [3.63, 3.8) is 0 Å². The van der Waals surface area contributed by atoms with E-state index < -0.39 is 12.1 Å². The molecule has 16 heavy (non-hydrogen) atoms. The Morgan fingerprint density at radius 2 is 2.25 bits per heavy atom. The van der Waals surface area contributed by atoms with E-state index in [1.165, 1.54) is 10.9 Å². The van der Waals surface area contributed by atoms with Crippen LogP contribution in [0.3, 0.4) is 0 Å². The molecule has 0 fully saturated rings.